The molecule has 0 saturated carbocycles. The SMILES string of the molecule is O=c1[nH]c2nccc(Oc3cccc4ncccc34)c2[nH]1. The van der Waals surface area contributed by atoms with Crippen molar-refractivity contribution in [1.82, 2.24) is 19.9 Å². The molecule has 2 N–H and O–H groups in total. The molecule has 6 nitrogen and oxygen atoms in total. The fourth-order valence-electron chi connectivity index (χ4n) is 2.28. The molecule has 4 aromatic rings. The predicted octanol–water partition coefficient (Wildman–Crippen LogP) is 2.59. The van der Waals surface area contributed by atoms with Gasteiger partial charge in [0.2, 0.25) is 0 Å². The summed E-state index contributed by atoms with van der Waals surface area (Å²) in [6.45, 7) is 0. The van der Waals surface area contributed by atoms with Crippen molar-refractivity contribution in [3.05, 3.63) is 59.3 Å². The Morgan fingerprint density at radius 2 is 1.86 bits per heavy atom. The molecule has 6 heteroatoms. The minimum absolute atomic E-state index is 0.312. The van der Waals surface area contributed by atoms with Crippen molar-refractivity contribution in [3.8, 4) is 11.5 Å². The van der Waals surface area contributed by atoms with Crippen molar-refractivity contribution in [2.24, 2.45) is 0 Å². The second-order valence-corrected chi connectivity index (χ2v) is 4.54. The van der Waals surface area contributed by atoms with E-state index in [1.165, 1.54) is 0 Å². The summed E-state index contributed by atoms with van der Waals surface area (Å²) in [6, 6.07) is 11.2. The van der Waals surface area contributed by atoms with Gasteiger partial charge in [0.05, 0.1) is 5.52 Å². The van der Waals surface area contributed by atoms with Crippen molar-refractivity contribution in [3.63, 3.8) is 0 Å². The summed E-state index contributed by atoms with van der Waals surface area (Å²) >= 11 is 0. The number of imidazole rings is 1. The van der Waals surface area contributed by atoms with Crippen LogP contribution in [-0.2, 0) is 0 Å². The van der Waals surface area contributed by atoms with Crippen LogP contribution in [0, 0.1) is 0 Å². The summed E-state index contributed by atoms with van der Waals surface area (Å²) in [5.41, 5.74) is 1.55. The van der Waals surface area contributed by atoms with E-state index in [0.29, 0.717) is 22.7 Å². The fourth-order valence-corrected chi connectivity index (χ4v) is 2.28. The van der Waals surface area contributed by atoms with Gasteiger partial charge in [-0.3, -0.25) is 9.97 Å². The molecule has 3 aromatic heterocycles. The maximum Gasteiger partial charge on any atom is 0.325 e. The average Bonchev–Trinajstić information content (AvgIpc) is 2.89. The number of hydrogen-bond acceptors (Lipinski definition) is 4. The average molecular weight is 278 g/mol. The molecule has 0 aliphatic rings. The molecule has 0 amide bonds. The summed E-state index contributed by atoms with van der Waals surface area (Å²) < 4.78 is 5.95. The Labute approximate surface area is 118 Å². The highest BCUT2D eigenvalue weighted by Crippen LogP contribution is 2.31. The van der Waals surface area contributed by atoms with E-state index in [1.54, 1.807) is 18.5 Å². The zero-order valence-electron chi connectivity index (χ0n) is 10.8. The summed E-state index contributed by atoms with van der Waals surface area (Å²) in [7, 11) is 0. The Balaban J connectivity index is 1.89. The van der Waals surface area contributed by atoms with Gasteiger partial charge < -0.3 is 9.72 Å². The lowest BCUT2D eigenvalue weighted by molar-refractivity contribution is 0.492. The highest BCUT2D eigenvalue weighted by atomic mass is 16.5. The van der Waals surface area contributed by atoms with Gasteiger partial charge in [0, 0.05) is 23.8 Å². The summed E-state index contributed by atoms with van der Waals surface area (Å²) in [6.07, 6.45) is 3.32. The Morgan fingerprint density at radius 3 is 2.81 bits per heavy atom. The summed E-state index contributed by atoms with van der Waals surface area (Å²) in [5, 5.41) is 0.905. The first kappa shape index (κ1) is 11.7. The van der Waals surface area contributed by atoms with E-state index in [2.05, 4.69) is 19.9 Å². The molecule has 102 valence electrons. The van der Waals surface area contributed by atoms with Crippen LogP contribution in [0.5, 0.6) is 11.5 Å². The number of benzene rings is 1. The number of fused-ring (bicyclic) bond motifs is 2. The van der Waals surface area contributed by atoms with Crippen LogP contribution in [0.15, 0.2) is 53.6 Å². The normalized spacial score (nSPS) is 11.0. The molecular weight excluding hydrogens is 268 g/mol. The number of nitrogens with one attached hydrogen (secondary N) is 2. The molecule has 0 fully saturated rings. The maximum atomic E-state index is 11.4. The fraction of sp³-hybridized carbons (Fsp3) is 0. The number of ether oxygens (including phenoxy) is 1. The number of hydrogen-bond donors (Lipinski definition) is 2. The van der Waals surface area contributed by atoms with Gasteiger partial charge in [0.25, 0.3) is 0 Å². The van der Waals surface area contributed by atoms with Crippen molar-refractivity contribution in [1.29, 1.82) is 0 Å². The number of aromatic nitrogens is 4. The number of rotatable bonds is 2. The van der Waals surface area contributed by atoms with Crippen molar-refractivity contribution in [2.45, 2.75) is 0 Å². The minimum atomic E-state index is -0.312. The first-order valence-electron chi connectivity index (χ1n) is 6.40. The van der Waals surface area contributed by atoms with Gasteiger partial charge in [0.15, 0.2) is 11.4 Å². The van der Waals surface area contributed by atoms with Crippen molar-refractivity contribution in [2.75, 3.05) is 0 Å². The van der Waals surface area contributed by atoms with Crippen LogP contribution in [0.4, 0.5) is 0 Å². The standard InChI is InChI=1S/C15H10N4O2/c20-15-18-13-12(6-8-17-14(13)19-15)21-11-5-1-4-10-9(11)3-2-7-16-10/h1-8H,(H2,17,18,19,20). The summed E-state index contributed by atoms with van der Waals surface area (Å²) in [5.74, 6) is 1.21. The smallest absolute Gasteiger partial charge is 0.325 e. The van der Waals surface area contributed by atoms with Gasteiger partial charge in [-0.2, -0.15) is 0 Å². The molecule has 0 radical (unpaired) electrons. The monoisotopic (exact) mass is 278 g/mol. The molecule has 0 aliphatic carbocycles. The molecule has 0 bridgehead atoms. The Hall–Kier alpha value is -3.15. The van der Waals surface area contributed by atoms with E-state index < -0.39 is 0 Å². The highest BCUT2D eigenvalue weighted by Gasteiger charge is 2.09. The third kappa shape index (κ3) is 1.93. The molecule has 21 heavy (non-hydrogen) atoms. The third-order valence-electron chi connectivity index (χ3n) is 3.21. The van der Waals surface area contributed by atoms with Gasteiger partial charge in [-0.1, -0.05) is 6.07 Å². The van der Waals surface area contributed by atoms with E-state index in [-0.39, 0.29) is 5.69 Å². The van der Waals surface area contributed by atoms with Crippen LogP contribution in [-0.4, -0.2) is 19.9 Å². The van der Waals surface area contributed by atoms with Gasteiger partial charge >= 0.3 is 5.69 Å². The van der Waals surface area contributed by atoms with Gasteiger partial charge in [0.1, 0.15) is 11.3 Å². The Bertz CT molecular complexity index is 998. The van der Waals surface area contributed by atoms with Gasteiger partial charge in [-0.25, -0.2) is 9.78 Å². The lowest BCUT2D eigenvalue weighted by atomic mass is 10.2. The number of H-pyrrole nitrogens is 2. The lowest BCUT2D eigenvalue weighted by Crippen LogP contribution is -1.99. The van der Waals surface area contributed by atoms with Crippen LogP contribution < -0.4 is 10.4 Å². The Kier molecular flexibility index (Phi) is 2.47. The number of aromatic amines is 2. The quantitative estimate of drug-likeness (QED) is 0.590. The van der Waals surface area contributed by atoms with E-state index in [1.807, 2.05) is 30.3 Å². The van der Waals surface area contributed by atoms with Gasteiger partial charge in [-0.05, 0) is 24.3 Å². The molecule has 0 unspecified atom stereocenters. The van der Waals surface area contributed by atoms with Crippen LogP contribution in [0.25, 0.3) is 22.1 Å². The highest BCUT2D eigenvalue weighted by molar-refractivity contribution is 5.86. The molecule has 0 spiro atoms. The van der Waals surface area contributed by atoms with Crippen molar-refractivity contribution < 1.29 is 4.74 Å². The zero-order chi connectivity index (χ0) is 14.2. The topological polar surface area (TPSA) is 83.7 Å². The molecule has 0 atom stereocenters. The molecule has 3 heterocycles. The van der Waals surface area contributed by atoms with Crippen LogP contribution in [0.1, 0.15) is 0 Å². The van der Waals surface area contributed by atoms with Crippen LogP contribution in [0.3, 0.4) is 0 Å². The van der Waals surface area contributed by atoms with E-state index in [0.717, 1.165) is 10.9 Å². The van der Waals surface area contributed by atoms with E-state index >= 15 is 0 Å². The number of pyridine rings is 2. The molecule has 4 rings (SSSR count). The third-order valence-corrected chi connectivity index (χ3v) is 3.21. The van der Waals surface area contributed by atoms with Gasteiger partial charge in [-0.15, -0.1) is 0 Å². The number of nitrogens with zero attached hydrogens (tertiary/aromatic N) is 2. The van der Waals surface area contributed by atoms with E-state index in [4.69, 9.17) is 4.74 Å². The van der Waals surface area contributed by atoms with Crippen LogP contribution >= 0.6 is 0 Å². The Morgan fingerprint density at radius 1 is 0.905 bits per heavy atom. The first-order valence-corrected chi connectivity index (χ1v) is 6.40. The zero-order valence-corrected chi connectivity index (χ0v) is 10.8. The molecule has 0 saturated heterocycles. The van der Waals surface area contributed by atoms with Crippen molar-refractivity contribution >= 4 is 22.1 Å². The van der Waals surface area contributed by atoms with Crippen LogP contribution in [0.2, 0.25) is 0 Å². The molecule has 0 aliphatic heterocycles. The minimum Gasteiger partial charge on any atom is -0.454 e. The predicted molar refractivity (Wildman–Crippen MR) is 78.5 cm³/mol. The summed E-state index contributed by atoms with van der Waals surface area (Å²) in [4.78, 5) is 25.1. The molecule has 1 aromatic carbocycles. The largest absolute Gasteiger partial charge is 0.454 e. The maximum absolute atomic E-state index is 11.4. The van der Waals surface area contributed by atoms with E-state index in [9.17, 15) is 4.79 Å². The molecular formula is C15H10N4O2. The second-order valence-electron chi connectivity index (χ2n) is 4.54. The first-order chi connectivity index (χ1) is 10.3. The second kappa shape index (κ2) is 4.45. The lowest BCUT2D eigenvalue weighted by Gasteiger charge is -2.08.